The number of nitrogens with zero attached hydrogens (tertiary/aromatic N) is 3. The second-order valence-corrected chi connectivity index (χ2v) is 5.83. The largest absolute Gasteiger partial charge is 0.366 e. The second kappa shape index (κ2) is 9.49. The second-order valence-electron chi connectivity index (χ2n) is 5.83. The van der Waals surface area contributed by atoms with E-state index in [4.69, 9.17) is 5.73 Å². The predicted octanol–water partition coefficient (Wildman–Crippen LogP) is 3.10. The number of amides is 1. The fraction of sp³-hybridized carbons (Fsp3) is 0.250. The number of nitrogens with two attached hydrogens (primary N) is 1. The Bertz CT molecular complexity index is 687. The third-order valence-electron chi connectivity index (χ3n) is 3.96. The fourth-order valence-electron chi connectivity index (χ4n) is 2.66. The van der Waals surface area contributed by atoms with Gasteiger partial charge in [0.2, 0.25) is 5.91 Å². The summed E-state index contributed by atoms with van der Waals surface area (Å²) in [4.78, 5) is 22.3. The van der Waals surface area contributed by atoms with Crippen LogP contribution < -0.4 is 5.73 Å². The molecule has 2 heterocycles. The Labute approximate surface area is 148 Å². The Morgan fingerprint density at radius 1 is 1.08 bits per heavy atom. The molecule has 5 nitrogen and oxygen atoms in total. The van der Waals surface area contributed by atoms with E-state index in [0.717, 1.165) is 24.2 Å². The van der Waals surface area contributed by atoms with E-state index >= 15 is 0 Å². The molecule has 2 N–H and O–H groups in total. The first-order chi connectivity index (χ1) is 12.1. The van der Waals surface area contributed by atoms with Crippen LogP contribution in [0.4, 0.5) is 0 Å². The molecule has 0 unspecified atom stereocenters. The Balaban J connectivity index is 2.21. The number of hydrogen-bond acceptors (Lipinski definition) is 4. The van der Waals surface area contributed by atoms with Crippen molar-refractivity contribution in [2.45, 2.75) is 32.0 Å². The van der Waals surface area contributed by atoms with Crippen LogP contribution in [-0.4, -0.2) is 26.8 Å². The summed E-state index contributed by atoms with van der Waals surface area (Å²) in [5, 5.41) is 0. The van der Waals surface area contributed by atoms with Crippen molar-refractivity contribution in [1.29, 1.82) is 0 Å². The molecule has 0 saturated carbocycles. The first kappa shape index (κ1) is 18.5. The summed E-state index contributed by atoms with van der Waals surface area (Å²) in [5.74, 6) is -0.472. The Morgan fingerprint density at radius 3 is 2.24 bits per heavy atom. The van der Waals surface area contributed by atoms with Crippen molar-refractivity contribution in [3.8, 4) is 0 Å². The highest BCUT2D eigenvalue weighted by atomic mass is 16.1. The third kappa shape index (κ3) is 5.65. The third-order valence-corrected chi connectivity index (χ3v) is 3.96. The van der Waals surface area contributed by atoms with Gasteiger partial charge in [-0.1, -0.05) is 18.2 Å². The topological polar surface area (TPSA) is 72.1 Å². The summed E-state index contributed by atoms with van der Waals surface area (Å²) in [5.41, 5.74) is 7.55. The first-order valence-electron chi connectivity index (χ1n) is 8.24. The van der Waals surface area contributed by atoms with Crippen molar-refractivity contribution in [3.63, 3.8) is 0 Å². The lowest BCUT2D eigenvalue weighted by Crippen LogP contribution is -2.34. The molecular weight excluding hydrogens is 312 g/mol. The van der Waals surface area contributed by atoms with Gasteiger partial charge in [-0.2, -0.15) is 0 Å². The number of pyridine rings is 2. The van der Waals surface area contributed by atoms with Crippen LogP contribution in [0.3, 0.4) is 0 Å². The van der Waals surface area contributed by atoms with Crippen LogP contribution in [0.1, 0.15) is 34.6 Å². The molecule has 1 amide bonds. The SMILES string of the molecule is C=CCC(CC=C)N(Cc1ccccn1)Cc1ccc(C(N)=O)cn1. The molecule has 0 saturated heterocycles. The van der Waals surface area contributed by atoms with Gasteiger partial charge >= 0.3 is 0 Å². The van der Waals surface area contributed by atoms with E-state index in [-0.39, 0.29) is 6.04 Å². The van der Waals surface area contributed by atoms with Crippen molar-refractivity contribution in [2.24, 2.45) is 5.73 Å². The summed E-state index contributed by atoms with van der Waals surface area (Å²) in [7, 11) is 0. The average molecular weight is 336 g/mol. The molecule has 2 rings (SSSR count). The average Bonchev–Trinajstić information content (AvgIpc) is 2.62. The van der Waals surface area contributed by atoms with Crippen LogP contribution in [0.2, 0.25) is 0 Å². The van der Waals surface area contributed by atoms with Gasteiger partial charge in [0.1, 0.15) is 0 Å². The molecule has 130 valence electrons. The smallest absolute Gasteiger partial charge is 0.250 e. The maximum absolute atomic E-state index is 11.2. The van der Waals surface area contributed by atoms with E-state index in [2.05, 4.69) is 28.0 Å². The van der Waals surface area contributed by atoms with E-state index in [1.165, 1.54) is 6.20 Å². The van der Waals surface area contributed by atoms with Crippen LogP contribution in [0.25, 0.3) is 0 Å². The van der Waals surface area contributed by atoms with Gasteiger partial charge in [-0.15, -0.1) is 13.2 Å². The van der Waals surface area contributed by atoms with E-state index in [1.54, 1.807) is 12.3 Å². The molecule has 2 aromatic heterocycles. The summed E-state index contributed by atoms with van der Waals surface area (Å²) >= 11 is 0. The summed E-state index contributed by atoms with van der Waals surface area (Å²) in [6, 6.07) is 9.70. The number of carbonyl (C=O) groups is 1. The lowest BCUT2D eigenvalue weighted by Gasteiger charge is -2.30. The van der Waals surface area contributed by atoms with Crippen LogP contribution in [0.5, 0.6) is 0 Å². The standard InChI is InChI=1S/C20H24N4O/c1-3-7-19(8-4-2)24(14-17-9-5-6-12-22-17)15-18-11-10-16(13-23-18)20(21)25/h3-6,9-13,19H,1-2,7-8,14-15H2,(H2,21,25). The highest BCUT2D eigenvalue weighted by Gasteiger charge is 2.18. The number of carbonyl (C=O) groups excluding carboxylic acids is 1. The first-order valence-corrected chi connectivity index (χ1v) is 8.24. The monoisotopic (exact) mass is 336 g/mol. The van der Waals surface area contributed by atoms with Gasteiger partial charge in [0.05, 0.1) is 17.0 Å². The molecule has 0 aliphatic heterocycles. The van der Waals surface area contributed by atoms with Gasteiger partial charge in [0.25, 0.3) is 0 Å². The number of primary amides is 1. The van der Waals surface area contributed by atoms with Crippen molar-refractivity contribution in [3.05, 3.63) is 85.0 Å². The maximum Gasteiger partial charge on any atom is 0.250 e. The maximum atomic E-state index is 11.2. The molecule has 0 aliphatic carbocycles. The van der Waals surface area contributed by atoms with E-state index < -0.39 is 5.91 Å². The van der Waals surface area contributed by atoms with Gasteiger partial charge in [-0.3, -0.25) is 19.7 Å². The minimum atomic E-state index is -0.472. The zero-order chi connectivity index (χ0) is 18.1. The molecule has 0 radical (unpaired) electrons. The molecule has 0 aliphatic rings. The molecule has 25 heavy (non-hydrogen) atoms. The molecule has 0 atom stereocenters. The lowest BCUT2D eigenvalue weighted by molar-refractivity contribution is 0.1000. The molecule has 5 heteroatoms. The van der Waals surface area contributed by atoms with Gasteiger partial charge in [-0.25, -0.2) is 0 Å². The van der Waals surface area contributed by atoms with Crippen molar-refractivity contribution in [1.82, 2.24) is 14.9 Å². The highest BCUT2D eigenvalue weighted by Crippen LogP contribution is 2.17. The number of hydrogen-bond donors (Lipinski definition) is 1. The molecule has 2 aromatic rings. The normalized spacial score (nSPS) is 10.8. The van der Waals surface area contributed by atoms with Gasteiger partial charge < -0.3 is 5.73 Å². The molecule has 0 spiro atoms. The zero-order valence-electron chi connectivity index (χ0n) is 14.3. The molecular formula is C20H24N4O. The van der Waals surface area contributed by atoms with E-state index in [0.29, 0.717) is 18.7 Å². The van der Waals surface area contributed by atoms with Crippen molar-refractivity contribution < 1.29 is 4.79 Å². The molecule has 0 bridgehead atoms. The zero-order valence-corrected chi connectivity index (χ0v) is 14.3. The minimum Gasteiger partial charge on any atom is -0.366 e. The Hall–Kier alpha value is -2.79. The molecule has 0 aromatic carbocycles. The van der Waals surface area contributed by atoms with Gasteiger partial charge in [0, 0.05) is 31.5 Å². The van der Waals surface area contributed by atoms with Crippen LogP contribution in [0, 0.1) is 0 Å². The number of aromatic nitrogens is 2. The fourth-order valence-corrected chi connectivity index (χ4v) is 2.66. The van der Waals surface area contributed by atoms with Gasteiger partial charge in [-0.05, 0) is 37.1 Å². The lowest BCUT2D eigenvalue weighted by atomic mass is 10.1. The highest BCUT2D eigenvalue weighted by molar-refractivity contribution is 5.92. The minimum absolute atomic E-state index is 0.259. The Morgan fingerprint density at radius 2 is 1.76 bits per heavy atom. The summed E-state index contributed by atoms with van der Waals surface area (Å²) in [6.45, 7) is 9.07. The van der Waals surface area contributed by atoms with E-state index in [1.807, 2.05) is 36.4 Å². The Kier molecular flexibility index (Phi) is 7.04. The van der Waals surface area contributed by atoms with Crippen molar-refractivity contribution in [2.75, 3.05) is 0 Å². The molecule has 0 fully saturated rings. The quantitative estimate of drug-likeness (QED) is 0.677. The predicted molar refractivity (Wildman–Crippen MR) is 99.7 cm³/mol. The van der Waals surface area contributed by atoms with Gasteiger partial charge in [0.15, 0.2) is 0 Å². The summed E-state index contributed by atoms with van der Waals surface area (Å²) < 4.78 is 0. The summed E-state index contributed by atoms with van der Waals surface area (Å²) in [6.07, 6.45) is 8.85. The van der Waals surface area contributed by atoms with Crippen LogP contribution in [0.15, 0.2) is 68.0 Å². The van der Waals surface area contributed by atoms with E-state index in [9.17, 15) is 4.79 Å². The van der Waals surface area contributed by atoms with Crippen LogP contribution >= 0.6 is 0 Å². The van der Waals surface area contributed by atoms with Crippen molar-refractivity contribution >= 4 is 5.91 Å². The number of rotatable bonds is 10. The van der Waals surface area contributed by atoms with Crippen LogP contribution in [-0.2, 0) is 13.1 Å².